The van der Waals surface area contributed by atoms with Crippen LogP contribution in [0.15, 0.2) is 59.9 Å². The predicted molar refractivity (Wildman–Crippen MR) is 108 cm³/mol. The Labute approximate surface area is 168 Å². The van der Waals surface area contributed by atoms with Crippen molar-refractivity contribution >= 4 is 41.2 Å². The van der Waals surface area contributed by atoms with Crippen LogP contribution in [-0.4, -0.2) is 32.0 Å². The number of hydrogen-bond donors (Lipinski definition) is 3. The Kier molecular flexibility index (Phi) is 10.4. The summed E-state index contributed by atoms with van der Waals surface area (Å²) in [4.78, 5) is 21.4. The van der Waals surface area contributed by atoms with Crippen LogP contribution in [0.5, 0.6) is 0 Å². The number of nitrogens with one attached hydrogen (secondary N) is 3. The lowest BCUT2D eigenvalue weighted by Crippen LogP contribution is -2.40. The zero-order chi connectivity index (χ0) is 20.2. The van der Waals surface area contributed by atoms with Gasteiger partial charge < -0.3 is 16.0 Å². The molecular formula is C19H22Cl2FN3O2. The Bertz CT molecular complexity index is 723. The highest BCUT2D eigenvalue weighted by Crippen LogP contribution is 2.26. The summed E-state index contributed by atoms with van der Waals surface area (Å²) in [6.07, 6.45) is 5.45. The standard InChI is InChI=1S/C17H17Cl2FN2O.C2H5NO/c1-11(18)4-2-7-15(20)14-8-9-21-16(14)17(23)22-13-6-3-5-12(19)10-13;1-3-2-4/h2-7,10,14,16,21H,1,8-9H2,(H,22,23);2H,1H3,(H,3,4)/b4-2-,15-7-;. The second-order valence-electron chi connectivity index (χ2n) is 5.59. The van der Waals surface area contributed by atoms with E-state index in [1.54, 1.807) is 31.3 Å². The maximum atomic E-state index is 14.3. The summed E-state index contributed by atoms with van der Waals surface area (Å²) in [5.41, 5.74) is 0.581. The summed E-state index contributed by atoms with van der Waals surface area (Å²) in [7, 11) is 1.56. The Hall–Kier alpha value is -2.15. The second-order valence-corrected chi connectivity index (χ2v) is 6.51. The normalized spacial score (nSPS) is 19.2. The van der Waals surface area contributed by atoms with Crippen LogP contribution in [0.2, 0.25) is 5.02 Å². The Morgan fingerprint density at radius 2 is 2.15 bits per heavy atom. The average Bonchev–Trinajstić information content (AvgIpc) is 3.11. The molecule has 5 nitrogen and oxygen atoms in total. The van der Waals surface area contributed by atoms with Gasteiger partial charge in [0.05, 0.1) is 6.04 Å². The molecule has 2 atom stereocenters. The minimum Gasteiger partial charge on any atom is -0.362 e. The molecule has 8 heteroatoms. The minimum absolute atomic E-state index is 0.288. The molecule has 0 saturated carbocycles. The first kappa shape index (κ1) is 22.9. The van der Waals surface area contributed by atoms with E-state index in [-0.39, 0.29) is 11.7 Å². The van der Waals surface area contributed by atoms with Crippen LogP contribution in [0.3, 0.4) is 0 Å². The topological polar surface area (TPSA) is 70.2 Å². The van der Waals surface area contributed by atoms with Crippen LogP contribution in [-0.2, 0) is 9.59 Å². The summed E-state index contributed by atoms with van der Waals surface area (Å²) in [6.45, 7) is 4.06. The van der Waals surface area contributed by atoms with Crippen molar-refractivity contribution in [3.8, 4) is 0 Å². The van der Waals surface area contributed by atoms with Crippen molar-refractivity contribution in [2.75, 3.05) is 18.9 Å². The highest BCUT2D eigenvalue weighted by Gasteiger charge is 2.35. The van der Waals surface area contributed by atoms with E-state index >= 15 is 0 Å². The second kappa shape index (κ2) is 12.3. The summed E-state index contributed by atoms with van der Waals surface area (Å²) in [5, 5.41) is 8.87. The van der Waals surface area contributed by atoms with Crippen molar-refractivity contribution in [1.29, 1.82) is 0 Å². The first-order valence-corrected chi connectivity index (χ1v) is 8.93. The highest BCUT2D eigenvalue weighted by atomic mass is 35.5. The van der Waals surface area contributed by atoms with Crippen molar-refractivity contribution in [3.05, 3.63) is 65.0 Å². The van der Waals surface area contributed by atoms with Crippen molar-refractivity contribution in [2.45, 2.75) is 12.5 Å². The Morgan fingerprint density at radius 3 is 2.74 bits per heavy atom. The van der Waals surface area contributed by atoms with Crippen LogP contribution >= 0.6 is 23.2 Å². The fraction of sp³-hybridized carbons (Fsp3) is 0.263. The molecule has 0 bridgehead atoms. The summed E-state index contributed by atoms with van der Waals surface area (Å²) in [6, 6.07) is 6.20. The number of benzene rings is 1. The number of carbonyl (C=O) groups is 2. The van der Waals surface area contributed by atoms with Gasteiger partial charge in [-0.1, -0.05) is 41.9 Å². The van der Waals surface area contributed by atoms with E-state index in [1.165, 1.54) is 18.2 Å². The van der Waals surface area contributed by atoms with E-state index < -0.39 is 12.0 Å². The third-order valence-electron chi connectivity index (χ3n) is 3.60. The fourth-order valence-corrected chi connectivity index (χ4v) is 2.69. The minimum atomic E-state index is -0.627. The Morgan fingerprint density at radius 1 is 1.44 bits per heavy atom. The molecule has 0 radical (unpaired) electrons. The van der Waals surface area contributed by atoms with Gasteiger partial charge in [0.2, 0.25) is 12.3 Å². The SMILES string of the molecule is C=C(Cl)/C=C\C=C(/F)C1CCNC1C(=O)Nc1cccc(Cl)c1.CNC=O. The summed E-state index contributed by atoms with van der Waals surface area (Å²) >= 11 is 11.5. The third-order valence-corrected chi connectivity index (χ3v) is 3.96. The predicted octanol–water partition coefficient (Wildman–Crippen LogP) is 3.78. The van der Waals surface area contributed by atoms with E-state index in [0.717, 1.165) is 0 Å². The number of rotatable bonds is 6. The highest BCUT2D eigenvalue weighted by molar-refractivity contribution is 6.31. The molecule has 27 heavy (non-hydrogen) atoms. The molecule has 1 saturated heterocycles. The molecular weight excluding hydrogens is 392 g/mol. The van der Waals surface area contributed by atoms with Gasteiger partial charge in [0.1, 0.15) is 5.83 Å². The van der Waals surface area contributed by atoms with Crippen molar-refractivity contribution in [3.63, 3.8) is 0 Å². The first-order chi connectivity index (χ1) is 12.9. The molecule has 1 aromatic carbocycles. The van der Waals surface area contributed by atoms with E-state index in [4.69, 9.17) is 28.0 Å². The van der Waals surface area contributed by atoms with E-state index in [9.17, 15) is 9.18 Å². The molecule has 0 spiro atoms. The molecule has 1 aromatic rings. The van der Waals surface area contributed by atoms with Crippen LogP contribution in [0.1, 0.15) is 6.42 Å². The summed E-state index contributed by atoms with van der Waals surface area (Å²) in [5.74, 6) is -1.16. The number of amides is 2. The Balaban J connectivity index is 0.000000828. The number of carbonyl (C=O) groups excluding carboxylic acids is 2. The smallest absolute Gasteiger partial charge is 0.242 e. The summed E-state index contributed by atoms with van der Waals surface area (Å²) < 4.78 is 14.3. The van der Waals surface area contributed by atoms with Gasteiger partial charge in [0, 0.05) is 28.7 Å². The molecule has 1 heterocycles. The van der Waals surface area contributed by atoms with Gasteiger partial charge in [-0.05, 0) is 43.3 Å². The van der Waals surface area contributed by atoms with Crippen LogP contribution in [0.25, 0.3) is 0 Å². The maximum absolute atomic E-state index is 14.3. The number of anilines is 1. The van der Waals surface area contributed by atoms with Crippen LogP contribution in [0, 0.1) is 5.92 Å². The lowest BCUT2D eigenvalue weighted by atomic mass is 9.98. The largest absolute Gasteiger partial charge is 0.362 e. The zero-order valence-electron chi connectivity index (χ0n) is 14.8. The third kappa shape index (κ3) is 8.39. The monoisotopic (exact) mass is 413 g/mol. The lowest BCUT2D eigenvalue weighted by molar-refractivity contribution is -0.118. The molecule has 3 N–H and O–H groups in total. The van der Waals surface area contributed by atoms with Gasteiger partial charge in [0.15, 0.2) is 0 Å². The lowest BCUT2D eigenvalue weighted by Gasteiger charge is -2.17. The number of allylic oxidation sites excluding steroid dienone is 4. The number of hydrogen-bond acceptors (Lipinski definition) is 3. The van der Waals surface area contributed by atoms with Gasteiger partial charge in [-0.2, -0.15) is 0 Å². The van der Waals surface area contributed by atoms with Gasteiger partial charge in [-0.3, -0.25) is 9.59 Å². The van der Waals surface area contributed by atoms with Gasteiger partial charge in [0.25, 0.3) is 0 Å². The van der Waals surface area contributed by atoms with Crippen LogP contribution < -0.4 is 16.0 Å². The van der Waals surface area contributed by atoms with Gasteiger partial charge in [-0.15, -0.1) is 0 Å². The molecule has 0 aliphatic carbocycles. The van der Waals surface area contributed by atoms with Crippen LogP contribution in [0.4, 0.5) is 10.1 Å². The molecule has 2 rings (SSSR count). The molecule has 1 aliphatic rings. The molecule has 0 aromatic heterocycles. The van der Waals surface area contributed by atoms with Crippen molar-refractivity contribution in [1.82, 2.24) is 10.6 Å². The molecule has 2 unspecified atom stereocenters. The van der Waals surface area contributed by atoms with Gasteiger partial charge >= 0.3 is 0 Å². The molecule has 2 amide bonds. The molecule has 1 aliphatic heterocycles. The van der Waals surface area contributed by atoms with E-state index in [2.05, 4.69) is 22.5 Å². The maximum Gasteiger partial charge on any atom is 0.242 e. The average molecular weight is 414 g/mol. The van der Waals surface area contributed by atoms with E-state index in [1.807, 2.05) is 0 Å². The van der Waals surface area contributed by atoms with Crippen molar-refractivity contribution < 1.29 is 14.0 Å². The molecule has 1 fully saturated rings. The van der Waals surface area contributed by atoms with Crippen molar-refractivity contribution in [2.24, 2.45) is 5.92 Å². The first-order valence-electron chi connectivity index (χ1n) is 8.18. The van der Waals surface area contributed by atoms with E-state index in [0.29, 0.717) is 35.1 Å². The number of halogens is 3. The van der Waals surface area contributed by atoms with Gasteiger partial charge in [-0.25, -0.2) is 4.39 Å². The zero-order valence-corrected chi connectivity index (χ0v) is 16.4. The quantitative estimate of drug-likeness (QED) is 0.490. The fourth-order valence-electron chi connectivity index (χ4n) is 2.43. The molecule has 146 valence electrons.